The third-order valence-electron chi connectivity index (χ3n) is 3.20. The van der Waals surface area contributed by atoms with Crippen molar-refractivity contribution in [2.24, 2.45) is 0 Å². The summed E-state index contributed by atoms with van der Waals surface area (Å²) in [7, 11) is 0. The van der Waals surface area contributed by atoms with E-state index in [0.29, 0.717) is 11.3 Å². The number of rotatable bonds is 1. The van der Waals surface area contributed by atoms with Gasteiger partial charge < -0.3 is 11.1 Å². The van der Waals surface area contributed by atoms with Crippen molar-refractivity contribution in [1.82, 2.24) is 0 Å². The molecule has 0 aromatic heterocycles. The predicted molar refractivity (Wildman–Crippen MR) is 77.6 cm³/mol. The third kappa shape index (κ3) is 1.93. The highest BCUT2D eigenvalue weighted by Crippen LogP contribution is 2.35. The molecule has 1 heterocycles. The number of nitrogen functional groups attached to an aromatic ring is 1. The third-order valence-corrected chi connectivity index (χ3v) is 3.20. The van der Waals surface area contributed by atoms with Crippen LogP contribution in [-0.2, 0) is 4.79 Å². The number of nitrogens with one attached hydrogen (secondary N) is 1. The molecule has 0 fully saturated rings. The molecule has 0 unspecified atom stereocenters. The topological polar surface area (TPSA) is 82.2 Å². The van der Waals surface area contributed by atoms with Gasteiger partial charge in [0.2, 0.25) is 0 Å². The lowest BCUT2D eigenvalue weighted by Crippen LogP contribution is -2.36. The van der Waals surface area contributed by atoms with Crippen molar-refractivity contribution in [2.75, 3.05) is 22.5 Å². The molecule has 5 nitrogen and oxygen atoms in total. The van der Waals surface area contributed by atoms with Crippen LogP contribution in [0.1, 0.15) is 5.56 Å². The minimum absolute atomic E-state index is 0.0491. The van der Waals surface area contributed by atoms with Crippen LogP contribution >= 0.6 is 0 Å². The van der Waals surface area contributed by atoms with Crippen molar-refractivity contribution >= 4 is 28.7 Å². The number of carbonyl (C=O) groups excluding carboxylic acids is 1. The number of hydrogen-bond acceptors (Lipinski definition) is 4. The highest BCUT2D eigenvalue weighted by Gasteiger charge is 2.25. The van der Waals surface area contributed by atoms with Crippen molar-refractivity contribution in [1.29, 1.82) is 5.26 Å². The first-order chi connectivity index (χ1) is 9.69. The van der Waals surface area contributed by atoms with Crippen LogP contribution in [-0.4, -0.2) is 12.5 Å². The van der Waals surface area contributed by atoms with Crippen LogP contribution in [0.2, 0.25) is 0 Å². The predicted octanol–water partition coefficient (Wildman–Crippen LogP) is 2.23. The van der Waals surface area contributed by atoms with Gasteiger partial charge in [-0.3, -0.25) is 9.69 Å². The second kappa shape index (κ2) is 4.59. The SMILES string of the molecule is N#Cc1ccc2c(c1)NCC(=O)N2c1ccc(N)cc1. The minimum Gasteiger partial charge on any atom is -0.399 e. The molecule has 98 valence electrons. The van der Waals surface area contributed by atoms with Crippen LogP contribution in [0.5, 0.6) is 0 Å². The molecule has 1 aliphatic heterocycles. The first-order valence-corrected chi connectivity index (χ1v) is 6.15. The van der Waals surface area contributed by atoms with Crippen molar-refractivity contribution in [2.45, 2.75) is 0 Å². The second-order valence-electron chi connectivity index (χ2n) is 4.52. The largest absolute Gasteiger partial charge is 0.399 e. The van der Waals surface area contributed by atoms with E-state index < -0.39 is 0 Å². The number of hydrogen-bond donors (Lipinski definition) is 2. The van der Waals surface area contributed by atoms with Crippen molar-refractivity contribution in [3.8, 4) is 6.07 Å². The molecular formula is C15H12N4O. The zero-order valence-electron chi connectivity index (χ0n) is 10.6. The van der Waals surface area contributed by atoms with Gasteiger partial charge in [-0.1, -0.05) is 0 Å². The molecule has 0 atom stereocenters. The van der Waals surface area contributed by atoms with Gasteiger partial charge in [-0.25, -0.2) is 0 Å². The lowest BCUT2D eigenvalue weighted by molar-refractivity contribution is -0.116. The van der Waals surface area contributed by atoms with E-state index >= 15 is 0 Å². The number of fused-ring (bicyclic) bond motifs is 1. The van der Waals surface area contributed by atoms with Crippen LogP contribution in [0.3, 0.4) is 0 Å². The fraction of sp³-hybridized carbons (Fsp3) is 0.0667. The van der Waals surface area contributed by atoms with Gasteiger partial charge >= 0.3 is 0 Å². The van der Waals surface area contributed by atoms with Gasteiger partial charge in [0.05, 0.1) is 29.6 Å². The fourth-order valence-corrected chi connectivity index (χ4v) is 2.23. The van der Waals surface area contributed by atoms with Crippen LogP contribution in [0.25, 0.3) is 0 Å². The molecular weight excluding hydrogens is 252 g/mol. The maximum absolute atomic E-state index is 12.2. The molecule has 2 aromatic carbocycles. The normalized spacial score (nSPS) is 13.3. The minimum atomic E-state index is -0.0491. The number of nitrogens with zero attached hydrogens (tertiary/aromatic N) is 2. The summed E-state index contributed by atoms with van der Waals surface area (Å²) in [5, 5.41) is 12.0. The summed E-state index contributed by atoms with van der Waals surface area (Å²) in [4.78, 5) is 13.8. The maximum atomic E-state index is 12.2. The van der Waals surface area contributed by atoms with E-state index in [9.17, 15) is 4.79 Å². The Morgan fingerprint density at radius 2 is 1.95 bits per heavy atom. The monoisotopic (exact) mass is 264 g/mol. The van der Waals surface area contributed by atoms with E-state index in [1.165, 1.54) is 0 Å². The van der Waals surface area contributed by atoms with Gasteiger partial charge in [-0.2, -0.15) is 5.26 Å². The molecule has 0 saturated carbocycles. The van der Waals surface area contributed by atoms with Crippen LogP contribution in [0.4, 0.5) is 22.7 Å². The maximum Gasteiger partial charge on any atom is 0.250 e. The van der Waals surface area contributed by atoms with Gasteiger partial charge in [0.15, 0.2) is 0 Å². The van der Waals surface area contributed by atoms with Gasteiger partial charge in [0, 0.05) is 11.4 Å². The number of anilines is 4. The van der Waals surface area contributed by atoms with Gasteiger partial charge in [0.25, 0.3) is 5.91 Å². The summed E-state index contributed by atoms with van der Waals surface area (Å²) >= 11 is 0. The quantitative estimate of drug-likeness (QED) is 0.774. The van der Waals surface area contributed by atoms with E-state index in [2.05, 4.69) is 11.4 Å². The number of nitriles is 1. The Morgan fingerprint density at radius 1 is 1.20 bits per heavy atom. The van der Waals surface area contributed by atoms with E-state index in [-0.39, 0.29) is 12.5 Å². The molecule has 0 bridgehead atoms. The summed E-state index contributed by atoms with van der Waals surface area (Å²) in [6.45, 7) is 0.201. The van der Waals surface area contributed by atoms with Crippen molar-refractivity contribution in [3.63, 3.8) is 0 Å². The molecule has 0 radical (unpaired) electrons. The Bertz CT molecular complexity index is 716. The van der Waals surface area contributed by atoms with Crippen LogP contribution in [0, 0.1) is 11.3 Å². The molecule has 0 aliphatic carbocycles. The molecule has 0 spiro atoms. The Balaban J connectivity index is 2.10. The fourth-order valence-electron chi connectivity index (χ4n) is 2.23. The van der Waals surface area contributed by atoms with E-state index in [4.69, 9.17) is 11.0 Å². The molecule has 2 aromatic rings. The summed E-state index contributed by atoms with van der Waals surface area (Å²) < 4.78 is 0. The molecule has 1 amide bonds. The highest BCUT2D eigenvalue weighted by molar-refractivity contribution is 6.08. The van der Waals surface area contributed by atoms with Gasteiger partial charge in [0.1, 0.15) is 0 Å². The standard InChI is InChI=1S/C15H12N4O/c16-8-10-1-6-14-13(7-10)18-9-15(20)19(14)12-4-2-11(17)3-5-12/h1-7,18H,9,17H2. The average Bonchev–Trinajstić information content (AvgIpc) is 2.48. The van der Waals surface area contributed by atoms with E-state index in [1.807, 2.05) is 0 Å². The second-order valence-corrected chi connectivity index (χ2v) is 4.52. The Morgan fingerprint density at radius 3 is 2.65 bits per heavy atom. The summed E-state index contributed by atoms with van der Waals surface area (Å²) in [6, 6.07) is 14.4. The lowest BCUT2D eigenvalue weighted by atomic mass is 10.1. The molecule has 20 heavy (non-hydrogen) atoms. The smallest absolute Gasteiger partial charge is 0.250 e. The Labute approximate surface area is 116 Å². The molecule has 5 heteroatoms. The lowest BCUT2D eigenvalue weighted by Gasteiger charge is -2.30. The molecule has 1 aliphatic rings. The Hall–Kier alpha value is -3.00. The van der Waals surface area contributed by atoms with Gasteiger partial charge in [-0.15, -0.1) is 0 Å². The van der Waals surface area contributed by atoms with Gasteiger partial charge in [-0.05, 0) is 42.5 Å². The Kier molecular flexibility index (Phi) is 2.77. The summed E-state index contributed by atoms with van der Waals surface area (Å²) in [5.41, 5.74) is 9.16. The van der Waals surface area contributed by atoms with Crippen LogP contribution < -0.4 is 16.0 Å². The first kappa shape index (κ1) is 12.1. The van der Waals surface area contributed by atoms with Crippen molar-refractivity contribution < 1.29 is 4.79 Å². The number of carbonyl (C=O) groups is 1. The molecule has 3 N–H and O–H groups in total. The molecule has 0 saturated heterocycles. The zero-order chi connectivity index (χ0) is 14.1. The first-order valence-electron chi connectivity index (χ1n) is 6.15. The summed E-state index contributed by atoms with van der Waals surface area (Å²) in [6.07, 6.45) is 0. The van der Waals surface area contributed by atoms with Crippen LogP contribution in [0.15, 0.2) is 42.5 Å². The molecule has 3 rings (SSSR count). The number of amides is 1. The summed E-state index contributed by atoms with van der Waals surface area (Å²) in [5.74, 6) is -0.0491. The van der Waals surface area contributed by atoms with Crippen molar-refractivity contribution in [3.05, 3.63) is 48.0 Å². The van der Waals surface area contributed by atoms with E-state index in [0.717, 1.165) is 17.1 Å². The highest BCUT2D eigenvalue weighted by atomic mass is 16.2. The zero-order valence-corrected chi connectivity index (χ0v) is 10.6. The number of nitrogens with two attached hydrogens (primary N) is 1. The average molecular weight is 264 g/mol. The van der Waals surface area contributed by atoms with E-state index in [1.54, 1.807) is 47.4 Å². The number of benzene rings is 2.